The predicted octanol–water partition coefficient (Wildman–Crippen LogP) is 6.12. The number of rotatable bonds is 5. The van der Waals surface area contributed by atoms with E-state index < -0.39 is 5.60 Å². The molecule has 4 nitrogen and oxygen atoms in total. The maximum absolute atomic E-state index is 12.9. The van der Waals surface area contributed by atoms with E-state index >= 15 is 0 Å². The number of benzene rings is 3. The summed E-state index contributed by atoms with van der Waals surface area (Å²) in [6, 6.07) is 23.9. The van der Waals surface area contributed by atoms with Gasteiger partial charge in [0.05, 0.1) is 22.6 Å². The van der Waals surface area contributed by atoms with Crippen molar-refractivity contribution in [1.82, 2.24) is 0 Å². The number of hydrogen-bond donors (Lipinski definition) is 1. The van der Waals surface area contributed by atoms with Gasteiger partial charge in [-0.15, -0.1) is 0 Å². The monoisotopic (exact) mass is 388 g/mol. The largest absolute Gasteiger partial charge is 0.456 e. The zero-order valence-corrected chi connectivity index (χ0v) is 17.7. The molecule has 0 bridgehead atoms. The van der Waals surface area contributed by atoms with E-state index in [1.807, 2.05) is 100 Å². The standard InChI is InChI=1S/C25H28N2O2/c1-25(2,3)29-24(28)20-16-15-19(18-11-7-6-8-12-18)17-22(20)26-21-13-9-10-14-23(21)27(4)5/h6-17,26H,1-5H3. The van der Waals surface area contributed by atoms with Crippen LogP contribution in [0.15, 0.2) is 72.8 Å². The fraction of sp³-hybridized carbons (Fsp3) is 0.240. The van der Waals surface area contributed by atoms with Crippen LogP contribution in [0.25, 0.3) is 11.1 Å². The van der Waals surface area contributed by atoms with Crippen molar-refractivity contribution < 1.29 is 9.53 Å². The molecule has 0 unspecified atom stereocenters. The lowest BCUT2D eigenvalue weighted by molar-refractivity contribution is 0.00708. The summed E-state index contributed by atoms with van der Waals surface area (Å²) in [6.45, 7) is 5.62. The molecule has 3 aromatic rings. The van der Waals surface area contributed by atoms with Crippen molar-refractivity contribution in [2.75, 3.05) is 24.3 Å². The van der Waals surface area contributed by atoms with Gasteiger partial charge in [0.25, 0.3) is 0 Å². The highest BCUT2D eigenvalue weighted by Crippen LogP contribution is 2.32. The highest BCUT2D eigenvalue weighted by molar-refractivity contribution is 5.98. The van der Waals surface area contributed by atoms with E-state index in [0.29, 0.717) is 5.56 Å². The van der Waals surface area contributed by atoms with Crippen LogP contribution in [-0.2, 0) is 4.74 Å². The first-order valence-corrected chi connectivity index (χ1v) is 9.71. The molecule has 1 N–H and O–H groups in total. The molecule has 0 aliphatic carbocycles. The Hall–Kier alpha value is -3.27. The van der Waals surface area contributed by atoms with Crippen molar-refractivity contribution in [3.63, 3.8) is 0 Å². The minimum absolute atomic E-state index is 0.345. The number of hydrogen-bond acceptors (Lipinski definition) is 4. The third-order valence-electron chi connectivity index (χ3n) is 4.40. The number of nitrogens with one attached hydrogen (secondary N) is 1. The second-order valence-corrected chi connectivity index (χ2v) is 8.16. The highest BCUT2D eigenvalue weighted by atomic mass is 16.6. The van der Waals surface area contributed by atoms with Crippen LogP contribution in [0.5, 0.6) is 0 Å². The molecule has 0 aromatic heterocycles. The van der Waals surface area contributed by atoms with E-state index in [2.05, 4.69) is 17.4 Å². The van der Waals surface area contributed by atoms with Gasteiger partial charge < -0.3 is 15.0 Å². The average molecular weight is 389 g/mol. The molecular weight excluding hydrogens is 360 g/mol. The Labute approximate surface area is 173 Å². The third kappa shape index (κ3) is 5.17. The number of anilines is 3. The van der Waals surface area contributed by atoms with Gasteiger partial charge in [-0.2, -0.15) is 0 Å². The van der Waals surface area contributed by atoms with Crippen LogP contribution in [0, 0.1) is 0 Å². The molecule has 0 heterocycles. The quantitative estimate of drug-likeness (QED) is 0.535. The molecule has 3 rings (SSSR count). The Morgan fingerprint density at radius 1 is 0.828 bits per heavy atom. The SMILES string of the molecule is CN(C)c1ccccc1Nc1cc(-c2ccccc2)ccc1C(=O)OC(C)(C)C. The molecule has 29 heavy (non-hydrogen) atoms. The van der Waals surface area contributed by atoms with Crippen molar-refractivity contribution in [1.29, 1.82) is 0 Å². The molecule has 0 saturated carbocycles. The normalized spacial score (nSPS) is 11.1. The maximum Gasteiger partial charge on any atom is 0.340 e. The van der Waals surface area contributed by atoms with Gasteiger partial charge in [0.1, 0.15) is 5.60 Å². The molecule has 4 heteroatoms. The summed E-state index contributed by atoms with van der Waals surface area (Å²) in [6.07, 6.45) is 0. The van der Waals surface area contributed by atoms with Crippen molar-refractivity contribution in [2.45, 2.75) is 26.4 Å². The lowest BCUT2D eigenvalue weighted by Crippen LogP contribution is -2.24. The molecular formula is C25H28N2O2. The van der Waals surface area contributed by atoms with Gasteiger partial charge in [-0.05, 0) is 56.2 Å². The summed E-state index contributed by atoms with van der Waals surface area (Å²) in [5.41, 5.74) is 4.74. The van der Waals surface area contributed by atoms with E-state index in [1.54, 1.807) is 0 Å². The third-order valence-corrected chi connectivity index (χ3v) is 4.40. The Kier molecular flexibility index (Phi) is 5.92. The van der Waals surface area contributed by atoms with Crippen LogP contribution in [0.2, 0.25) is 0 Å². The van der Waals surface area contributed by atoms with Crippen molar-refractivity contribution in [3.05, 3.63) is 78.4 Å². The molecule has 150 valence electrons. The van der Waals surface area contributed by atoms with Crippen molar-refractivity contribution >= 4 is 23.0 Å². The van der Waals surface area contributed by atoms with Crippen LogP contribution in [0.1, 0.15) is 31.1 Å². The van der Waals surface area contributed by atoms with Gasteiger partial charge in [0.15, 0.2) is 0 Å². The first kappa shape index (κ1) is 20.5. The molecule has 0 amide bonds. The summed E-state index contributed by atoms with van der Waals surface area (Å²) >= 11 is 0. The maximum atomic E-state index is 12.9. The number of carbonyl (C=O) groups excluding carboxylic acids is 1. The number of esters is 1. The summed E-state index contributed by atoms with van der Waals surface area (Å²) < 4.78 is 5.64. The minimum atomic E-state index is -0.562. The van der Waals surface area contributed by atoms with Crippen LogP contribution >= 0.6 is 0 Å². The fourth-order valence-corrected chi connectivity index (χ4v) is 3.08. The van der Waals surface area contributed by atoms with Crippen LogP contribution in [0.4, 0.5) is 17.1 Å². The van der Waals surface area contributed by atoms with Gasteiger partial charge in [-0.3, -0.25) is 0 Å². The number of carbonyl (C=O) groups is 1. The minimum Gasteiger partial charge on any atom is -0.456 e. The Bertz CT molecular complexity index is 989. The second kappa shape index (κ2) is 8.39. The number of nitrogens with zero attached hydrogens (tertiary/aromatic N) is 1. The Balaban J connectivity index is 2.07. The predicted molar refractivity (Wildman–Crippen MR) is 121 cm³/mol. The van der Waals surface area contributed by atoms with Crippen LogP contribution < -0.4 is 10.2 Å². The molecule has 0 radical (unpaired) electrons. The van der Waals surface area contributed by atoms with Gasteiger partial charge in [-0.1, -0.05) is 48.5 Å². The van der Waals surface area contributed by atoms with E-state index in [4.69, 9.17) is 4.74 Å². The lowest BCUT2D eigenvalue weighted by atomic mass is 10.0. The molecule has 0 fully saturated rings. The van der Waals surface area contributed by atoms with E-state index in [0.717, 1.165) is 28.2 Å². The van der Waals surface area contributed by atoms with Crippen molar-refractivity contribution in [2.24, 2.45) is 0 Å². The number of ether oxygens (including phenoxy) is 1. The van der Waals surface area contributed by atoms with Crippen LogP contribution in [-0.4, -0.2) is 25.7 Å². The topological polar surface area (TPSA) is 41.6 Å². The van der Waals surface area contributed by atoms with E-state index in [-0.39, 0.29) is 5.97 Å². The molecule has 3 aromatic carbocycles. The zero-order chi connectivity index (χ0) is 21.0. The first-order chi connectivity index (χ1) is 13.7. The first-order valence-electron chi connectivity index (χ1n) is 9.71. The molecule has 0 aliphatic rings. The fourth-order valence-electron chi connectivity index (χ4n) is 3.08. The second-order valence-electron chi connectivity index (χ2n) is 8.16. The Morgan fingerprint density at radius 3 is 2.14 bits per heavy atom. The van der Waals surface area contributed by atoms with Crippen molar-refractivity contribution in [3.8, 4) is 11.1 Å². The smallest absolute Gasteiger partial charge is 0.340 e. The summed E-state index contributed by atoms with van der Waals surface area (Å²) in [7, 11) is 3.99. The van der Waals surface area contributed by atoms with Crippen LogP contribution in [0.3, 0.4) is 0 Å². The highest BCUT2D eigenvalue weighted by Gasteiger charge is 2.21. The molecule has 0 aliphatic heterocycles. The van der Waals surface area contributed by atoms with E-state index in [9.17, 15) is 4.79 Å². The molecule has 0 atom stereocenters. The number of para-hydroxylation sites is 2. The molecule has 0 spiro atoms. The summed E-state index contributed by atoms with van der Waals surface area (Å²) in [4.78, 5) is 14.9. The Morgan fingerprint density at radius 2 is 1.48 bits per heavy atom. The van der Waals surface area contributed by atoms with Gasteiger partial charge in [-0.25, -0.2) is 4.79 Å². The molecule has 0 saturated heterocycles. The lowest BCUT2D eigenvalue weighted by Gasteiger charge is -2.22. The summed E-state index contributed by atoms with van der Waals surface area (Å²) in [5, 5.41) is 3.46. The van der Waals surface area contributed by atoms with Gasteiger partial charge >= 0.3 is 5.97 Å². The van der Waals surface area contributed by atoms with Gasteiger partial charge in [0, 0.05) is 14.1 Å². The van der Waals surface area contributed by atoms with Gasteiger partial charge in [0.2, 0.25) is 0 Å². The summed E-state index contributed by atoms with van der Waals surface area (Å²) in [5.74, 6) is -0.345. The average Bonchev–Trinajstić information content (AvgIpc) is 2.67. The zero-order valence-electron chi connectivity index (χ0n) is 17.7. The van der Waals surface area contributed by atoms with E-state index in [1.165, 1.54) is 0 Å².